The molecular weight excluding hydrogens is 398 g/mol. The van der Waals surface area contributed by atoms with Crippen LogP contribution >= 0.6 is 23.7 Å². The van der Waals surface area contributed by atoms with Crippen LogP contribution in [0.2, 0.25) is 0 Å². The van der Waals surface area contributed by atoms with E-state index in [1.165, 1.54) is 18.2 Å². The minimum Gasteiger partial charge on any atom is -0.351 e. The van der Waals surface area contributed by atoms with Crippen molar-refractivity contribution in [1.82, 2.24) is 10.6 Å². The van der Waals surface area contributed by atoms with Gasteiger partial charge in [-0.05, 0) is 31.5 Å². The molecule has 3 amide bonds. The van der Waals surface area contributed by atoms with Crippen LogP contribution in [0.4, 0.5) is 18.6 Å². The van der Waals surface area contributed by atoms with E-state index in [9.17, 15) is 18.4 Å². The number of thiophene rings is 1. The first-order valence-corrected chi connectivity index (χ1v) is 8.93. The molecule has 1 aromatic heterocycles. The molecule has 0 aliphatic carbocycles. The number of hydrogen-bond donors (Lipinski definition) is 4. The highest BCUT2D eigenvalue weighted by atomic mass is 35.5. The summed E-state index contributed by atoms with van der Waals surface area (Å²) >= 11 is 0.959. The third-order valence-electron chi connectivity index (χ3n) is 4.06. The number of halogens is 3. The maximum absolute atomic E-state index is 14.1. The van der Waals surface area contributed by atoms with Gasteiger partial charge in [0.2, 0.25) is 0 Å². The second kappa shape index (κ2) is 9.12. The number of benzene rings is 1. The summed E-state index contributed by atoms with van der Waals surface area (Å²) in [6.45, 7) is 1.56. The number of nitrogens with one attached hydrogen (secondary N) is 3. The molecule has 2 heterocycles. The van der Waals surface area contributed by atoms with Gasteiger partial charge in [-0.15, -0.1) is 23.7 Å². The molecule has 5 N–H and O–H groups in total. The summed E-state index contributed by atoms with van der Waals surface area (Å²) in [7, 11) is 0. The summed E-state index contributed by atoms with van der Waals surface area (Å²) in [6.07, 6.45) is 1.79. The zero-order valence-corrected chi connectivity index (χ0v) is 15.8. The molecule has 1 atom stereocenters. The summed E-state index contributed by atoms with van der Waals surface area (Å²) in [6, 6.07) is 4.35. The number of piperidine rings is 1. The van der Waals surface area contributed by atoms with Gasteiger partial charge < -0.3 is 16.4 Å². The van der Waals surface area contributed by atoms with Gasteiger partial charge in [-0.2, -0.15) is 0 Å². The molecule has 1 saturated heterocycles. The van der Waals surface area contributed by atoms with Crippen LogP contribution in [-0.4, -0.2) is 31.1 Å². The number of rotatable bonds is 4. The van der Waals surface area contributed by atoms with Crippen molar-refractivity contribution in [3.8, 4) is 10.4 Å². The number of urea groups is 1. The van der Waals surface area contributed by atoms with Gasteiger partial charge in [0.15, 0.2) is 11.6 Å². The van der Waals surface area contributed by atoms with Crippen molar-refractivity contribution in [2.45, 2.75) is 18.9 Å². The smallest absolute Gasteiger partial charge is 0.317 e. The Hall–Kier alpha value is -2.23. The van der Waals surface area contributed by atoms with Crippen LogP contribution in [0, 0.1) is 11.6 Å². The van der Waals surface area contributed by atoms with Gasteiger partial charge in [-0.3, -0.25) is 10.1 Å². The van der Waals surface area contributed by atoms with Crippen molar-refractivity contribution in [3.63, 3.8) is 0 Å². The average molecular weight is 417 g/mol. The van der Waals surface area contributed by atoms with Crippen LogP contribution in [0.25, 0.3) is 10.4 Å². The first-order chi connectivity index (χ1) is 12.5. The molecule has 3 rings (SSSR count). The molecule has 6 nitrogen and oxygen atoms in total. The summed E-state index contributed by atoms with van der Waals surface area (Å²) in [5, 5.41) is 8.65. The summed E-state index contributed by atoms with van der Waals surface area (Å²) < 4.78 is 27.6. The normalized spacial score (nSPS) is 16.3. The Kier molecular flexibility index (Phi) is 7.11. The highest BCUT2D eigenvalue weighted by molar-refractivity contribution is 7.20. The van der Waals surface area contributed by atoms with Gasteiger partial charge in [0.25, 0.3) is 5.91 Å². The van der Waals surface area contributed by atoms with E-state index in [1.807, 2.05) is 0 Å². The molecule has 27 heavy (non-hydrogen) atoms. The van der Waals surface area contributed by atoms with E-state index >= 15 is 0 Å². The molecule has 1 aromatic carbocycles. The Morgan fingerprint density at radius 3 is 2.74 bits per heavy atom. The number of carbonyl (C=O) groups excluding carboxylic acids is 2. The van der Waals surface area contributed by atoms with Crippen LogP contribution < -0.4 is 21.7 Å². The van der Waals surface area contributed by atoms with Crippen molar-refractivity contribution in [2.75, 3.05) is 18.4 Å². The quantitative estimate of drug-likeness (QED) is 0.616. The predicted molar refractivity (Wildman–Crippen MR) is 103 cm³/mol. The Morgan fingerprint density at radius 1 is 1.30 bits per heavy atom. The highest BCUT2D eigenvalue weighted by Gasteiger charge is 2.23. The van der Waals surface area contributed by atoms with Gasteiger partial charge in [0, 0.05) is 23.0 Å². The number of amides is 3. The molecule has 146 valence electrons. The van der Waals surface area contributed by atoms with Gasteiger partial charge >= 0.3 is 6.03 Å². The summed E-state index contributed by atoms with van der Waals surface area (Å²) in [5.74, 6) is -2.40. The van der Waals surface area contributed by atoms with E-state index in [1.54, 1.807) is 0 Å². The zero-order valence-electron chi connectivity index (χ0n) is 14.2. The minimum atomic E-state index is -1.01. The lowest BCUT2D eigenvalue weighted by Crippen LogP contribution is -2.45. The fraction of sp³-hybridized carbons (Fsp3) is 0.294. The molecule has 2 aromatic rings. The third-order valence-corrected chi connectivity index (χ3v) is 5.15. The number of primary amides is 1. The molecule has 10 heteroatoms. The van der Waals surface area contributed by atoms with E-state index in [0.29, 0.717) is 11.4 Å². The highest BCUT2D eigenvalue weighted by Crippen LogP contribution is 2.37. The number of nitrogens with two attached hydrogens (primary N) is 1. The maximum atomic E-state index is 14.1. The lowest BCUT2D eigenvalue weighted by atomic mass is 10.1. The second-order valence-electron chi connectivity index (χ2n) is 5.96. The molecule has 0 spiro atoms. The van der Waals surface area contributed by atoms with Crippen molar-refractivity contribution in [2.24, 2.45) is 5.73 Å². The molecule has 1 fully saturated rings. The van der Waals surface area contributed by atoms with Crippen LogP contribution in [0.15, 0.2) is 24.3 Å². The van der Waals surface area contributed by atoms with Crippen LogP contribution in [0.5, 0.6) is 0 Å². The Morgan fingerprint density at radius 2 is 2.07 bits per heavy atom. The molecule has 1 aliphatic rings. The van der Waals surface area contributed by atoms with Gasteiger partial charge in [-0.1, -0.05) is 12.1 Å². The Bertz CT molecular complexity index is 840. The molecular formula is C17H19ClF2N4O2S. The fourth-order valence-electron chi connectivity index (χ4n) is 2.83. The third kappa shape index (κ3) is 4.94. The van der Waals surface area contributed by atoms with Crippen molar-refractivity contribution in [1.29, 1.82) is 0 Å². The lowest BCUT2D eigenvalue weighted by molar-refractivity contribution is 0.0932. The number of anilines is 1. The standard InChI is InChI=1S/C17H18F2N4O2S.ClH/c18-12-5-1-4-10(14(12)19)13-7-11(16(26-13)23-17(20)25)15(24)22-9-3-2-6-21-8-9;/h1,4-5,7,9,21H,2-3,6,8H2,(H,22,24)(H3,20,23,25);1H/t9-;/m0./s1. The van der Waals surface area contributed by atoms with Crippen molar-refractivity contribution in [3.05, 3.63) is 41.5 Å². The van der Waals surface area contributed by atoms with Gasteiger partial charge in [0.05, 0.1) is 5.56 Å². The van der Waals surface area contributed by atoms with Gasteiger partial charge in [-0.25, -0.2) is 13.6 Å². The second-order valence-corrected chi connectivity index (χ2v) is 7.01. The van der Waals surface area contributed by atoms with E-state index in [-0.39, 0.29) is 34.6 Å². The van der Waals surface area contributed by atoms with Crippen molar-refractivity contribution < 1.29 is 18.4 Å². The zero-order chi connectivity index (χ0) is 18.7. The largest absolute Gasteiger partial charge is 0.351 e. The average Bonchev–Trinajstić information content (AvgIpc) is 3.01. The van der Waals surface area contributed by atoms with Gasteiger partial charge in [0.1, 0.15) is 5.00 Å². The van der Waals surface area contributed by atoms with E-state index in [4.69, 9.17) is 5.73 Å². The molecule has 0 unspecified atom stereocenters. The number of carbonyl (C=O) groups is 2. The van der Waals surface area contributed by atoms with E-state index in [2.05, 4.69) is 16.0 Å². The monoisotopic (exact) mass is 416 g/mol. The first-order valence-electron chi connectivity index (χ1n) is 8.12. The Balaban J connectivity index is 0.00000261. The maximum Gasteiger partial charge on any atom is 0.317 e. The van der Waals surface area contributed by atoms with E-state index in [0.717, 1.165) is 36.8 Å². The molecule has 0 bridgehead atoms. The SMILES string of the molecule is Cl.NC(=O)Nc1sc(-c2cccc(F)c2F)cc1C(=O)N[C@H]1CCCNC1. The van der Waals surface area contributed by atoms with E-state index < -0.39 is 23.6 Å². The Labute approximate surface area is 164 Å². The molecule has 1 aliphatic heterocycles. The van der Waals surface area contributed by atoms with Crippen molar-refractivity contribution >= 4 is 40.7 Å². The van der Waals surface area contributed by atoms with Crippen LogP contribution in [0.1, 0.15) is 23.2 Å². The predicted octanol–water partition coefficient (Wildman–Crippen LogP) is 3.09. The molecule has 0 radical (unpaired) electrons. The lowest BCUT2D eigenvalue weighted by Gasteiger charge is -2.23. The topological polar surface area (TPSA) is 96.2 Å². The molecule has 0 saturated carbocycles. The summed E-state index contributed by atoms with van der Waals surface area (Å²) in [4.78, 5) is 24.2. The fourth-order valence-corrected chi connectivity index (χ4v) is 3.91. The van der Waals surface area contributed by atoms with Crippen LogP contribution in [0.3, 0.4) is 0 Å². The first kappa shape index (κ1) is 21.1. The number of hydrogen-bond acceptors (Lipinski definition) is 4. The minimum absolute atomic E-state index is 0. The van der Waals surface area contributed by atoms with Crippen LogP contribution in [-0.2, 0) is 0 Å². The summed E-state index contributed by atoms with van der Waals surface area (Å²) in [5.41, 5.74) is 5.34.